The molecule has 0 heterocycles. The Morgan fingerprint density at radius 2 is 1.48 bits per heavy atom. The van der Waals surface area contributed by atoms with Crippen molar-refractivity contribution in [2.24, 2.45) is 0 Å². The predicted molar refractivity (Wildman–Crippen MR) is 146 cm³/mol. The summed E-state index contributed by atoms with van der Waals surface area (Å²) in [7, 11) is 1.53. The minimum Gasteiger partial charge on any atom is -0.444 e. The van der Waals surface area contributed by atoms with Crippen LogP contribution in [-0.2, 0) is 20.5 Å². The lowest BCUT2D eigenvalue weighted by molar-refractivity contribution is -0.137. The van der Waals surface area contributed by atoms with Gasteiger partial charge < -0.3 is 15.0 Å². The number of alkyl carbamates (subject to hydrolysis) is 1. The molecule has 0 aromatic heterocycles. The van der Waals surface area contributed by atoms with Crippen molar-refractivity contribution in [3.05, 3.63) is 88.5 Å². The molecule has 5 rings (SSSR count). The third-order valence-corrected chi connectivity index (χ3v) is 6.82. The molecule has 0 spiro atoms. The third-order valence-electron chi connectivity index (χ3n) is 6.82. The van der Waals surface area contributed by atoms with E-state index in [1.54, 1.807) is 20.8 Å². The topological polar surface area (TPSA) is 75.7 Å². The number of Topliss-reactive ketones (excluding diaryl/α,β-unsaturated/α-hetero) is 1. The molecule has 2 aliphatic rings. The molecule has 2 aliphatic carbocycles. The summed E-state index contributed by atoms with van der Waals surface area (Å²) in [5.74, 6) is -1.09. The average Bonchev–Trinajstić information content (AvgIpc) is 3.35. The maximum absolute atomic E-state index is 13.9. The van der Waals surface area contributed by atoms with Crippen molar-refractivity contribution in [1.29, 1.82) is 0 Å². The fourth-order valence-corrected chi connectivity index (χ4v) is 5.14. The Hall–Kier alpha value is -4.40. The Bertz CT molecular complexity index is 1620. The number of allylic oxidation sites excluding steroid dienone is 3. The second kappa shape index (κ2) is 9.66. The van der Waals surface area contributed by atoms with Crippen LogP contribution in [0.1, 0.15) is 43.0 Å². The van der Waals surface area contributed by atoms with Crippen LogP contribution in [0.3, 0.4) is 0 Å². The van der Waals surface area contributed by atoms with Gasteiger partial charge in [0.1, 0.15) is 5.60 Å². The summed E-state index contributed by atoms with van der Waals surface area (Å²) >= 11 is 0. The number of ketones is 1. The number of hydrogen-bond acceptors (Lipinski definition) is 4. The normalized spacial score (nSPS) is 14.6. The highest BCUT2D eigenvalue weighted by Crippen LogP contribution is 2.54. The highest BCUT2D eigenvalue weighted by molar-refractivity contribution is 6.56. The van der Waals surface area contributed by atoms with Gasteiger partial charge >= 0.3 is 12.3 Å². The molecule has 0 radical (unpaired) electrons. The zero-order valence-electron chi connectivity index (χ0n) is 22.4. The molecule has 1 N–H and O–H groups in total. The first-order valence-corrected chi connectivity index (χ1v) is 12.7. The molecule has 6 nitrogen and oxygen atoms in total. The van der Waals surface area contributed by atoms with Gasteiger partial charge in [0, 0.05) is 36.9 Å². The van der Waals surface area contributed by atoms with Gasteiger partial charge in [0.05, 0.1) is 11.1 Å². The lowest BCUT2D eigenvalue weighted by Crippen LogP contribution is -2.39. The number of carbonyl (C=O) groups is 3. The van der Waals surface area contributed by atoms with Gasteiger partial charge in [-0.25, -0.2) is 4.79 Å². The fraction of sp³-hybridized carbons (Fsp3) is 0.258. The second-order valence-electron chi connectivity index (χ2n) is 10.8. The van der Waals surface area contributed by atoms with Gasteiger partial charge in [-0.3, -0.25) is 9.59 Å². The maximum atomic E-state index is 13.9. The van der Waals surface area contributed by atoms with Crippen LogP contribution in [0.4, 0.5) is 18.0 Å². The summed E-state index contributed by atoms with van der Waals surface area (Å²) in [4.78, 5) is 41.1. The smallest absolute Gasteiger partial charge is 0.416 e. The van der Waals surface area contributed by atoms with Crippen molar-refractivity contribution in [2.45, 2.75) is 32.5 Å². The van der Waals surface area contributed by atoms with Crippen LogP contribution in [0.15, 0.2) is 66.2 Å². The number of ether oxygens (including phenoxy) is 1. The van der Waals surface area contributed by atoms with Crippen molar-refractivity contribution in [3.8, 4) is 0 Å². The fourth-order valence-electron chi connectivity index (χ4n) is 5.14. The predicted octanol–water partition coefficient (Wildman–Crippen LogP) is 6.10. The van der Waals surface area contributed by atoms with E-state index >= 15 is 0 Å². The van der Waals surface area contributed by atoms with E-state index in [0.29, 0.717) is 16.7 Å². The average molecular weight is 549 g/mol. The van der Waals surface area contributed by atoms with Gasteiger partial charge in [-0.1, -0.05) is 48.5 Å². The van der Waals surface area contributed by atoms with Crippen molar-refractivity contribution in [3.63, 3.8) is 0 Å². The number of amides is 2. The number of alkyl halides is 3. The molecule has 0 aliphatic heterocycles. The van der Waals surface area contributed by atoms with E-state index in [9.17, 15) is 27.6 Å². The van der Waals surface area contributed by atoms with Crippen molar-refractivity contribution >= 4 is 45.3 Å². The molecule has 0 saturated heterocycles. The number of fused-ring (bicyclic) bond motifs is 3. The van der Waals surface area contributed by atoms with Crippen LogP contribution in [0.2, 0.25) is 0 Å². The van der Waals surface area contributed by atoms with Gasteiger partial charge in [-0.05, 0) is 60.4 Å². The molecule has 3 aromatic rings. The summed E-state index contributed by atoms with van der Waals surface area (Å²) in [6, 6.07) is 15.7. The first kappa shape index (κ1) is 27.2. The summed E-state index contributed by atoms with van der Waals surface area (Å²) in [5.41, 5.74) is 1.43. The van der Waals surface area contributed by atoms with Crippen LogP contribution < -0.4 is 5.32 Å². The van der Waals surface area contributed by atoms with Gasteiger partial charge in [0.2, 0.25) is 0 Å². The van der Waals surface area contributed by atoms with Gasteiger partial charge in [0.15, 0.2) is 5.78 Å². The number of likely N-dealkylation sites (N-methyl/N-ethyl adjacent to an activating group) is 1. The molecule has 9 heteroatoms. The van der Waals surface area contributed by atoms with E-state index in [-0.39, 0.29) is 24.2 Å². The van der Waals surface area contributed by atoms with E-state index in [2.05, 4.69) is 5.32 Å². The van der Waals surface area contributed by atoms with Gasteiger partial charge in [-0.15, -0.1) is 0 Å². The highest BCUT2D eigenvalue weighted by Gasteiger charge is 2.43. The lowest BCUT2D eigenvalue weighted by Gasteiger charge is -2.21. The van der Waals surface area contributed by atoms with Crippen molar-refractivity contribution < 1.29 is 32.3 Å². The van der Waals surface area contributed by atoms with E-state index in [1.165, 1.54) is 24.1 Å². The van der Waals surface area contributed by atoms with Crippen LogP contribution in [0.25, 0.3) is 27.5 Å². The molecule has 0 atom stereocenters. The molecule has 40 heavy (non-hydrogen) atoms. The SMILES string of the molecule is CN(CCNC(=O)OC(C)(C)C)C(=O)C1=C2C(=C(c3ccc(C(F)(F)F)cc3)C1=O)c1cccc3cccc2c13. The van der Waals surface area contributed by atoms with Crippen molar-refractivity contribution in [2.75, 3.05) is 20.1 Å². The molecule has 2 amide bonds. The number of rotatable bonds is 5. The van der Waals surface area contributed by atoms with Gasteiger partial charge in [0.25, 0.3) is 5.91 Å². The van der Waals surface area contributed by atoms with E-state index < -0.39 is 35.1 Å². The molecular weight excluding hydrogens is 521 g/mol. The van der Waals surface area contributed by atoms with Crippen LogP contribution in [0.5, 0.6) is 0 Å². The number of carbonyl (C=O) groups excluding carboxylic acids is 3. The minimum atomic E-state index is -4.52. The largest absolute Gasteiger partial charge is 0.444 e. The molecule has 0 fully saturated rings. The zero-order chi connectivity index (χ0) is 29.0. The second-order valence-corrected chi connectivity index (χ2v) is 10.8. The van der Waals surface area contributed by atoms with E-state index in [0.717, 1.165) is 34.0 Å². The molecule has 206 valence electrons. The number of halogens is 3. The van der Waals surface area contributed by atoms with E-state index in [4.69, 9.17) is 4.74 Å². The minimum absolute atomic E-state index is 0.0478. The Morgan fingerprint density at radius 1 is 0.875 bits per heavy atom. The van der Waals surface area contributed by atoms with Crippen LogP contribution in [0, 0.1) is 0 Å². The molecule has 3 aromatic carbocycles. The van der Waals surface area contributed by atoms with Crippen molar-refractivity contribution in [1.82, 2.24) is 10.2 Å². The Balaban J connectivity index is 1.53. The number of nitrogens with one attached hydrogen (secondary N) is 1. The van der Waals surface area contributed by atoms with Crippen LogP contribution in [-0.4, -0.2) is 48.4 Å². The van der Waals surface area contributed by atoms with E-state index in [1.807, 2.05) is 36.4 Å². The molecular formula is C31H27F3N2O4. The van der Waals surface area contributed by atoms with Crippen LogP contribution >= 0.6 is 0 Å². The number of hydrogen-bond donors (Lipinski definition) is 1. The number of benzene rings is 3. The molecule has 0 unspecified atom stereocenters. The Kier molecular flexibility index (Phi) is 6.56. The maximum Gasteiger partial charge on any atom is 0.416 e. The Morgan fingerprint density at radius 3 is 2.05 bits per heavy atom. The summed E-state index contributed by atoms with van der Waals surface area (Å²) in [5, 5.41) is 4.40. The van der Waals surface area contributed by atoms with Gasteiger partial charge in [-0.2, -0.15) is 13.2 Å². The highest BCUT2D eigenvalue weighted by atomic mass is 19.4. The monoisotopic (exact) mass is 548 g/mol. The summed E-state index contributed by atoms with van der Waals surface area (Å²) in [6.45, 7) is 5.41. The lowest BCUT2D eigenvalue weighted by atomic mass is 9.94. The molecule has 0 saturated carbocycles. The zero-order valence-corrected chi connectivity index (χ0v) is 22.4. The summed E-state index contributed by atoms with van der Waals surface area (Å²) < 4.78 is 44.9. The quantitative estimate of drug-likeness (QED) is 0.391. The Labute approximate surface area is 229 Å². The first-order chi connectivity index (χ1) is 18.8. The third kappa shape index (κ3) is 4.76. The molecule has 0 bridgehead atoms. The first-order valence-electron chi connectivity index (χ1n) is 12.7. The summed E-state index contributed by atoms with van der Waals surface area (Å²) in [6.07, 6.45) is -5.15. The standard InChI is InChI=1S/C31H27F3N2O4/c1-30(2,3)40-29(39)35-15-16-36(4)28(38)26-25-21-10-6-8-17-7-5-9-20(22(17)21)24(25)23(27(26)37)18-11-13-19(14-12-18)31(32,33)34/h5-14H,15-16H2,1-4H3,(H,35,39). The number of nitrogens with zero attached hydrogens (tertiary/aromatic N) is 1.